The van der Waals surface area contributed by atoms with Gasteiger partial charge >= 0.3 is 0 Å². The summed E-state index contributed by atoms with van der Waals surface area (Å²) in [5.41, 5.74) is -2.28. The van der Waals surface area contributed by atoms with Gasteiger partial charge in [-0.15, -0.1) is 0 Å². The van der Waals surface area contributed by atoms with Crippen LogP contribution < -0.4 is 0 Å². The van der Waals surface area contributed by atoms with E-state index in [9.17, 15) is 23.4 Å². The van der Waals surface area contributed by atoms with Crippen LogP contribution in [0.2, 0.25) is 0 Å². The Morgan fingerprint density at radius 2 is 1.81 bits per heavy atom. The van der Waals surface area contributed by atoms with E-state index < -0.39 is 38.0 Å². The van der Waals surface area contributed by atoms with E-state index in [2.05, 4.69) is 32.1 Å². The standard InChI is InChI=1S/C33H45NO7S/c1-29-11-8-22(35)18-31(29)14-15-33(24(19-31)28(36)25-7-5-17-41-25)26(29)9-12-30(2)27(33)10-13-32(30,37)21-34(42(3,38)39)20-23-6-4-16-40-23/h5,7,14-15,17,19,22-23,26-27,35,37H,4,6,8-13,16,18,20-21H2,1-3H3. The first-order valence-corrected chi connectivity index (χ1v) is 17.6. The summed E-state index contributed by atoms with van der Waals surface area (Å²) in [6.07, 6.45) is 15.6. The summed E-state index contributed by atoms with van der Waals surface area (Å²) in [6.45, 7) is 5.40. The summed E-state index contributed by atoms with van der Waals surface area (Å²) in [6, 6.07) is 3.45. The van der Waals surface area contributed by atoms with Crippen LogP contribution in [0.5, 0.6) is 0 Å². The highest BCUT2D eigenvalue weighted by molar-refractivity contribution is 7.88. The molecule has 2 spiro atoms. The van der Waals surface area contributed by atoms with Gasteiger partial charge in [-0.2, -0.15) is 4.31 Å². The number of rotatable bonds is 7. The monoisotopic (exact) mass is 599 g/mol. The van der Waals surface area contributed by atoms with E-state index in [1.807, 2.05) is 0 Å². The lowest BCUT2D eigenvalue weighted by Gasteiger charge is -2.71. The Kier molecular flexibility index (Phi) is 6.46. The Balaban J connectivity index is 1.32. The van der Waals surface area contributed by atoms with Crippen LogP contribution in [0.25, 0.3) is 0 Å². The fourth-order valence-electron chi connectivity index (χ4n) is 10.8. The number of furan rings is 1. The van der Waals surface area contributed by atoms with Gasteiger partial charge in [-0.05, 0) is 87.2 Å². The number of ketones is 1. The van der Waals surface area contributed by atoms with Crippen molar-refractivity contribution in [2.45, 2.75) is 89.4 Å². The van der Waals surface area contributed by atoms with Gasteiger partial charge in [-0.25, -0.2) is 8.42 Å². The van der Waals surface area contributed by atoms with Crippen molar-refractivity contribution < 1.29 is 32.6 Å². The van der Waals surface area contributed by atoms with Crippen LogP contribution in [0.4, 0.5) is 0 Å². The third-order valence-electron chi connectivity index (χ3n) is 13.0. The van der Waals surface area contributed by atoms with Crippen LogP contribution in [-0.4, -0.2) is 72.5 Å². The first-order valence-electron chi connectivity index (χ1n) is 15.8. The van der Waals surface area contributed by atoms with Gasteiger partial charge in [0.2, 0.25) is 15.8 Å². The second kappa shape index (κ2) is 9.36. The lowest BCUT2D eigenvalue weighted by atomic mass is 9.32. The molecule has 2 heterocycles. The summed E-state index contributed by atoms with van der Waals surface area (Å²) in [5.74, 6) is 0.304. The molecule has 9 atom stereocenters. The number of aliphatic hydroxyl groups excluding tert-OH is 1. The molecule has 1 aromatic heterocycles. The van der Waals surface area contributed by atoms with Crippen LogP contribution in [-0.2, 0) is 14.8 Å². The van der Waals surface area contributed by atoms with Crippen molar-refractivity contribution in [2.24, 2.45) is 33.5 Å². The topological polar surface area (TPSA) is 117 Å². The lowest BCUT2D eigenvalue weighted by molar-refractivity contribution is -0.174. The number of carbonyl (C=O) groups excluding carboxylic acids is 1. The predicted molar refractivity (Wildman–Crippen MR) is 157 cm³/mol. The minimum Gasteiger partial charge on any atom is -0.461 e. The second-order valence-corrected chi connectivity index (χ2v) is 16.8. The highest BCUT2D eigenvalue weighted by atomic mass is 32.2. The van der Waals surface area contributed by atoms with Gasteiger partial charge in [0.25, 0.3) is 0 Å². The molecule has 8 rings (SSSR count). The molecule has 1 aromatic rings. The molecule has 9 heteroatoms. The van der Waals surface area contributed by atoms with Crippen LogP contribution in [0.15, 0.2) is 46.6 Å². The molecule has 4 fully saturated rings. The molecule has 0 amide bonds. The molecule has 0 aromatic carbocycles. The van der Waals surface area contributed by atoms with E-state index in [4.69, 9.17) is 9.15 Å². The van der Waals surface area contributed by atoms with Crippen LogP contribution in [0.3, 0.4) is 0 Å². The smallest absolute Gasteiger partial charge is 0.224 e. The van der Waals surface area contributed by atoms with E-state index in [1.165, 1.54) is 16.8 Å². The number of allylic oxidation sites excluding steroid dienone is 4. The Labute approximate surface area is 249 Å². The van der Waals surface area contributed by atoms with Crippen LogP contribution in [0.1, 0.15) is 82.2 Å². The van der Waals surface area contributed by atoms with Crippen LogP contribution >= 0.6 is 0 Å². The molecular formula is C33H45NO7S. The number of aliphatic hydroxyl groups is 2. The third-order valence-corrected chi connectivity index (χ3v) is 14.3. The van der Waals surface area contributed by atoms with Crippen molar-refractivity contribution >= 4 is 15.8 Å². The second-order valence-electron chi connectivity index (χ2n) is 14.8. The number of carbonyl (C=O) groups is 1. The molecule has 9 unspecified atom stereocenters. The number of ether oxygens (including phenoxy) is 1. The normalized spacial score (nSPS) is 45.9. The summed E-state index contributed by atoms with van der Waals surface area (Å²) >= 11 is 0. The largest absolute Gasteiger partial charge is 0.461 e. The first-order chi connectivity index (χ1) is 19.8. The van der Waals surface area contributed by atoms with E-state index in [0.29, 0.717) is 31.6 Å². The highest BCUT2D eigenvalue weighted by Gasteiger charge is 2.74. The van der Waals surface area contributed by atoms with E-state index >= 15 is 0 Å². The molecule has 2 bridgehead atoms. The Morgan fingerprint density at radius 1 is 1.07 bits per heavy atom. The zero-order valence-corrected chi connectivity index (χ0v) is 25.9. The molecule has 230 valence electrons. The molecule has 7 aliphatic rings. The predicted octanol–water partition coefficient (Wildman–Crippen LogP) is 4.49. The Morgan fingerprint density at radius 3 is 2.50 bits per heavy atom. The van der Waals surface area contributed by atoms with Crippen molar-refractivity contribution in [2.75, 3.05) is 26.0 Å². The minimum absolute atomic E-state index is 0.0295. The van der Waals surface area contributed by atoms with E-state index in [0.717, 1.165) is 44.1 Å². The van der Waals surface area contributed by atoms with Crippen molar-refractivity contribution in [1.82, 2.24) is 4.31 Å². The van der Waals surface area contributed by atoms with Gasteiger partial charge in [0.1, 0.15) is 0 Å². The molecule has 1 aliphatic heterocycles. The number of fused-ring (bicyclic) bond motifs is 1. The number of nitrogens with zero attached hydrogens (tertiary/aromatic N) is 1. The SMILES string of the molecule is CC12CCC(O)CC13C=CC1(C(C(=O)c4ccco4)=C3)C2CCC2(C)C1CCC2(O)CN(CC1CCCO1)S(C)(=O)=O. The minimum atomic E-state index is -3.59. The number of hydrogen-bond acceptors (Lipinski definition) is 7. The zero-order chi connectivity index (χ0) is 29.8. The van der Waals surface area contributed by atoms with Gasteiger partial charge in [0, 0.05) is 41.5 Å². The lowest BCUT2D eigenvalue weighted by Crippen LogP contribution is -2.67. The molecule has 0 radical (unpaired) electrons. The maximum Gasteiger partial charge on any atom is 0.224 e. The fourth-order valence-corrected chi connectivity index (χ4v) is 11.6. The fraction of sp³-hybridized carbons (Fsp3) is 0.727. The zero-order valence-electron chi connectivity index (χ0n) is 25.0. The van der Waals surface area contributed by atoms with Gasteiger partial charge < -0.3 is 19.4 Å². The number of Topliss-reactive ketones (excluding diaryl/α,β-unsaturated/α-hetero) is 1. The van der Waals surface area contributed by atoms with E-state index in [1.54, 1.807) is 12.1 Å². The molecule has 1 saturated heterocycles. The molecule has 3 saturated carbocycles. The molecule has 8 nitrogen and oxygen atoms in total. The number of sulfonamides is 1. The van der Waals surface area contributed by atoms with Gasteiger partial charge in [0.15, 0.2) is 5.76 Å². The average Bonchev–Trinajstić information content (AvgIpc) is 3.69. The van der Waals surface area contributed by atoms with Crippen molar-refractivity contribution in [3.05, 3.63) is 48.0 Å². The van der Waals surface area contributed by atoms with Gasteiger partial charge in [0.05, 0.1) is 30.3 Å². The van der Waals surface area contributed by atoms with Crippen molar-refractivity contribution in [1.29, 1.82) is 0 Å². The van der Waals surface area contributed by atoms with Crippen molar-refractivity contribution in [3.63, 3.8) is 0 Å². The molecule has 6 aliphatic carbocycles. The Hall–Kier alpha value is -1.78. The van der Waals surface area contributed by atoms with Crippen molar-refractivity contribution in [3.8, 4) is 0 Å². The molecular weight excluding hydrogens is 554 g/mol. The Bertz CT molecular complexity index is 1430. The highest BCUT2D eigenvalue weighted by Crippen LogP contribution is 2.78. The summed E-state index contributed by atoms with van der Waals surface area (Å²) < 4.78 is 38.9. The quantitative estimate of drug-likeness (QED) is 0.350. The summed E-state index contributed by atoms with van der Waals surface area (Å²) in [7, 11) is -3.59. The first kappa shape index (κ1) is 29.0. The maximum absolute atomic E-state index is 14.3. The summed E-state index contributed by atoms with van der Waals surface area (Å²) in [4.78, 5) is 14.3. The molecule has 2 N–H and O–H groups in total. The van der Waals surface area contributed by atoms with Gasteiger partial charge in [-0.3, -0.25) is 4.79 Å². The average molecular weight is 600 g/mol. The molecule has 42 heavy (non-hydrogen) atoms. The van der Waals surface area contributed by atoms with Crippen LogP contribution in [0, 0.1) is 33.5 Å². The van der Waals surface area contributed by atoms with Gasteiger partial charge in [-0.1, -0.05) is 32.1 Å². The van der Waals surface area contributed by atoms with E-state index in [-0.39, 0.29) is 42.2 Å². The number of hydrogen-bond donors (Lipinski definition) is 2. The third kappa shape index (κ3) is 3.79. The maximum atomic E-state index is 14.3. The summed E-state index contributed by atoms with van der Waals surface area (Å²) in [5, 5.41) is 23.4.